The van der Waals surface area contributed by atoms with E-state index in [-0.39, 0.29) is 17.2 Å². The van der Waals surface area contributed by atoms with Crippen LogP contribution < -0.4 is 0 Å². The predicted molar refractivity (Wildman–Crippen MR) is 105 cm³/mol. The number of benzene rings is 1. The molecule has 0 bridgehead atoms. The number of unbranched alkanes of at least 4 members (excludes halogenated alkanes) is 1. The van der Waals surface area contributed by atoms with Crippen molar-refractivity contribution in [3.63, 3.8) is 0 Å². The third kappa shape index (κ3) is 4.65. The van der Waals surface area contributed by atoms with Gasteiger partial charge in [0, 0.05) is 25.4 Å². The number of aryl methyl sites for hydroxylation is 1. The first-order valence-corrected chi connectivity index (χ1v) is 10.5. The van der Waals surface area contributed by atoms with E-state index in [0.29, 0.717) is 10.7 Å². The number of carboxylic acids is 1. The maximum absolute atomic E-state index is 13.2. The number of esters is 1. The average molecular weight is 423 g/mol. The van der Waals surface area contributed by atoms with Crippen LogP contribution in [0.4, 0.5) is 0 Å². The van der Waals surface area contributed by atoms with Gasteiger partial charge in [-0.1, -0.05) is 31.0 Å². The van der Waals surface area contributed by atoms with Crippen molar-refractivity contribution in [1.82, 2.24) is 14.3 Å². The standard InChI is InChI=1S/C19H25N3O6S/c1-4-5-10-28-18(25)19(17(23)24,11-15-12-20-13-21-15)22(3)29(26,27)16-8-6-14(2)7-9-16/h6-9,12-13H,4-5,10-11H2,1-3H3,(H,20,21)(H,23,24)/t19-/m0/s1. The van der Waals surface area contributed by atoms with Gasteiger partial charge in [-0.2, -0.15) is 4.31 Å². The molecule has 1 aromatic heterocycles. The Morgan fingerprint density at radius 3 is 2.45 bits per heavy atom. The van der Waals surface area contributed by atoms with Gasteiger partial charge in [-0.25, -0.2) is 23.0 Å². The van der Waals surface area contributed by atoms with Gasteiger partial charge in [0.2, 0.25) is 15.6 Å². The van der Waals surface area contributed by atoms with Gasteiger partial charge < -0.3 is 14.8 Å². The minimum Gasteiger partial charge on any atom is -0.479 e. The molecular formula is C19H25N3O6S. The highest BCUT2D eigenvalue weighted by Gasteiger charge is 2.56. The maximum Gasteiger partial charge on any atom is 0.339 e. The predicted octanol–water partition coefficient (Wildman–Crippen LogP) is 1.75. The molecule has 0 amide bonds. The fourth-order valence-corrected chi connectivity index (χ4v) is 4.19. The van der Waals surface area contributed by atoms with Crippen molar-refractivity contribution in [3.05, 3.63) is 48.0 Å². The number of carboxylic acid groups (broad SMARTS) is 1. The summed E-state index contributed by atoms with van der Waals surface area (Å²) in [5.41, 5.74) is -1.37. The Morgan fingerprint density at radius 2 is 1.93 bits per heavy atom. The third-order valence-corrected chi connectivity index (χ3v) is 6.54. The second-order valence-electron chi connectivity index (χ2n) is 6.69. The lowest BCUT2D eigenvalue weighted by molar-refractivity contribution is -0.167. The van der Waals surface area contributed by atoms with Crippen LogP contribution in [0.5, 0.6) is 0 Å². The van der Waals surface area contributed by atoms with Crippen LogP contribution in [0.2, 0.25) is 0 Å². The number of nitrogens with zero attached hydrogens (tertiary/aromatic N) is 2. The van der Waals surface area contributed by atoms with Crippen molar-refractivity contribution in [1.29, 1.82) is 0 Å². The number of aliphatic carboxylic acids is 1. The molecule has 9 nitrogen and oxygen atoms in total. The second-order valence-corrected chi connectivity index (χ2v) is 8.66. The van der Waals surface area contributed by atoms with E-state index >= 15 is 0 Å². The normalized spacial score (nSPS) is 13.8. The summed E-state index contributed by atoms with van der Waals surface area (Å²) in [5.74, 6) is -2.78. The summed E-state index contributed by atoms with van der Waals surface area (Å²) in [6, 6.07) is 5.92. The summed E-state index contributed by atoms with van der Waals surface area (Å²) < 4.78 is 32.1. The van der Waals surface area contributed by atoms with Gasteiger partial charge in [0.25, 0.3) is 0 Å². The van der Waals surface area contributed by atoms with E-state index in [1.165, 1.54) is 24.7 Å². The topological polar surface area (TPSA) is 130 Å². The number of aromatic amines is 1. The van der Waals surface area contributed by atoms with Crippen molar-refractivity contribution in [3.8, 4) is 0 Å². The van der Waals surface area contributed by atoms with Crippen LogP contribution in [0.15, 0.2) is 41.7 Å². The zero-order valence-corrected chi connectivity index (χ0v) is 17.4. The number of rotatable bonds is 10. The van der Waals surface area contributed by atoms with E-state index in [4.69, 9.17) is 4.74 Å². The zero-order valence-electron chi connectivity index (χ0n) is 16.6. The molecule has 158 valence electrons. The molecule has 0 saturated heterocycles. The van der Waals surface area contributed by atoms with E-state index < -0.39 is 33.9 Å². The molecule has 0 saturated carbocycles. The van der Waals surface area contributed by atoms with Gasteiger partial charge in [-0.3, -0.25) is 0 Å². The molecule has 1 aromatic carbocycles. The zero-order chi connectivity index (χ0) is 21.7. The van der Waals surface area contributed by atoms with Gasteiger partial charge in [-0.15, -0.1) is 0 Å². The Kier molecular flexibility index (Phi) is 7.15. The molecule has 0 fully saturated rings. The molecule has 29 heavy (non-hydrogen) atoms. The van der Waals surface area contributed by atoms with Gasteiger partial charge in [0.15, 0.2) is 0 Å². The molecular weight excluding hydrogens is 398 g/mol. The summed E-state index contributed by atoms with van der Waals surface area (Å²) in [6.07, 6.45) is 3.45. The lowest BCUT2D eigenvalue weighted by Gasteiger charge is -2.34. The molecule has 2 rings (SSSR count). The lowest BCUT2D eigenvalue weighted by Crippen LogP contribution is -2.62. The maximum atomic E-state index is 13.2. The molecule has 0 aliphatic rings. The number of carbonyl (C=O) groups is 2. The Balaban J connectivity index is 2.55. The Bertz CT molecular complexity index is 941. The van der Waals surface area contributed by atoms with Crippen molar-refractivity contribution in [2.45, 2.75) is 43.5 Å². The SMILES string of the molecule is CCCCOC(=O)[C@](Cc1cnc[nH]1)(C(=O)O)N(C)S(=O)(=O)c1ccc(C)cc1. The fraction of sp³-hybridized carbons (Fsp3) is 0.421. The summed E-state index contributed by atoms with van der Waals surface area (Å²) in [4.78, 5) is 31.7. The molecule has 0 aliphatic heterocycles. The Labute approximate surface area is 169 Å². The van der Waals surface area contributed by atoms with Gasteiger partial charge >= 0.3 is 11.9 Å². The van der Waals surface area contributed by atoms with Crippen LogP contribution in [0.25, 0.3) is 0 Å². The smallest absolute Gasteiger partial charge is 0.339 e. The first-order valence-electron chi connectivity index (χ1n) is 9.09. The molecule has 1 atom stereocenters. The van der Waals surface area contributed by atoms with Crippen LogP contribution in [0, 0.1) is 6.92 Å². The number of carbonyl (C=O) groups excluding carboxylic acids is 1. The van der Waals surface area contributed by atoms with Crippen LogP contribution >= 0.6 is 0 Å². The van der Waals surface area contributed by atoms with Crippen LogP contribution in [-0.2, 0) is 30.8 Å². The summed E-state index contributed by atoms with van der Waals surface area (Å²) in [7, 11) is -3.25. The number of hydrogen-bond acceptors (Lipinski definition) is 6. The van der Waals surface area contributed by atoms with E-state index in [2.05, 4.69) is 9.97 Å². The quantitative estimate of drug-likeness (QED) is 0.338. The number of nitrogens with one attached hydrogen (secondary N) is 1. The fourth-order valence-electron chi connectivity index (χ4n) is 2.77. The third-order valence-electron chi connectivity index (χ3n) is 4.64. The minimum atomic E-state index is -4.32. The highest BCUT2D eigenvalue weighted by molar-refractivity contribution is 7.89. The molecule has 0 unspecified atom stereocenters. The minimum absolute atomic E-state index is 0.00818. The number of imidazole rings is 1. The van der Waals surface area contributed by atoms with E-state index in [9.17, 15) is 23.1 Å². The van der Waals surface area contributed by atoms with Gasteiger partial charge in [0.1, 0.15) is 0 Å². The lowest BCUT2D eigenvalue weighted by atomic mass is 9.93. The van der Waals surface area contributed by atoms with Crippen LogP contribution in [0.1, 0.15) is 31.0 Å². The summed E-state index contributed by atoms with van der Waals surface area (Å²) in [5, 5.41) is 10.0. The first kappa shape index (κ1) is 22.6. The summed E-state index contributed by atoms with van der Waals surface area (Å²) in [6.45, 7) is 3.67. The monoisotopic (exact) mass is 423 g/mol. The van der Waals surface area contributed by atoms with E-state index in [1.54, 1.807) is 19.1 Å². The van der Waals surface area contributed by atoms with E-state index in [1.807, 2.05) is 6.92 Å². The highest BCUT2D eigenvalue weighted by Crippen LogP contribution is 2.29. The molecule has 0 spiro atoms. The molecule has 1 heterocycles. The molecule has 2 N–H and O–H groups in total. The van der Waals surface area contributed by atoms with Crippen molar-refractivity contribution < 1.29 is 27.9 Å². The second kappa shape index (κ2) is 9.19. The largest absolute Gasteiger partial charge is 0.479 e. The Morgan fingerprint density at radius 1 is 1.28 bits per heavy atom. The van der Waals surface area contributed by atoms with Crippen molar-refractivity contribution in [2.75, 3.05) is 13.7 Å². The number of hydrogen-bond donors (Lipinski definition) is 2. The van der Waals surface area contributed by atoms with Crippen molar-refractivity contribution in [2.24, 2.45) is 0 Å². The molecule has 0 aliphatic carbocycles. The first-order chi connectivity index (χ1) is 13.7. The number of ether oxygens (including phenoxy) is 1. The number of sulfonamides is 1. The molecule has 2 aromatic rings. The molecule has 10 heteroatoms. The van der Waals surface area contributed by atoms with E-state index in [0.717, 1.165) is 19.0 Å². The number of H-pyrrole nitrogens is 1. The highest BCUT2D eigenvalue weighted by atomic mass is 32.2. The average Bonchev–Trinajstić information content (AvgIpc) is 3.18. The Hall–Kier alpha value is -2.72. The van der Waals surface area contributed by atoms with Crippen LogP contribution in [0.3, 0.4) is 0 Å². The van der Waals surface area contributed by atoms with Crippen molar-refractivity contribution >= 4 is 22.0 Å². The van der Waals surface area contributed by atoms with Crippen LogP contribution in [-0.4, -0.2) is 58.9 Å². The van der Waals surface area contributed by atoms with Gasteiger partial charge in [-0.05, 0) is 25.5 Å². The molecule has 0 radical (unpaired) electrons. The van der Waals surface area contributed by atoms with Gasteiger partial charge in [0.05, 0.1) is 17.8 Å². The number of aromatic nitrogens is 2. The summed E-state index contributed by atoms with van der Waals surface area (Å²) >= 11 is 0. The number of likely N-dealkylation sites (N-methyl/N-ethyl adjacent to an activating group) is 1.